The van der Waals surface area contributed by atoms with Crippen LogP contribution in [0.2, 0.25) is 0 Å². The highest BCUT2D eigenvalue weighted by Crippen LogP contribution is 2.28. The van der Waals surface area contributed by atoms with Crippen LogP contribution in [0.25, 0.3) is 0 Å². The van der Waals surface area contributed by atoms with E-state index in [-0.39, 0.29) is 11.4 Å². The Bertz CT molecular complexity index is 594. The maximum absolute atomic E-state index is 10.9. The molecule has 0 saturated heterocycles. The lowest BCUT2D eigenvalue weighted by Crippen LogP contribution is -2.08. The smallest absolute Gasteiger partial charge is 0.296 e. The van der Waals surface area contributed by atoms with Crippen LogP contribution in [0.15, 0.2) is 30.6 Å². The zero-order chi connectivity index (χ0) is 13.8. The number of aromatic hydroxyl groups is 1. The minimum absolute atomic E-state index is 0.132. The van der Waals surface area contributed by atoms with E-state index < -0.39 is 4.92 Å². The van der Waals surface area contributed by atoms with Gasteiger partial charge in [0.15, 0.2) is 0 Å². The summed E-state index contributed by atoms with van der Waals surface area (Å²) >= 11 is 0. The van der Waals surface area contributed by atoms with Crippen molar-refractivity contribution < 1.29 is 10.0 Å². The van der Waals surface area contributed by atoms with Crippen molar-refractivity contribution in [3.8, 4) is 5.75 Å². The Hall–Kier alpha value is -2.57. The molecule has 1 aromatic carbocycles. The molecule has 0 atom stereocenters. The molecule has 2 aromatic rings. The number of nitrogens with zero attached hydrogens (tertiary/aromatic N) is 3. The summed E-state index contributed by atoms with van der Waals surface area (Å²) < 4.78 is 1.94. The third kappa shape index (κ3) is 2.82. The van der Waals surface area contributed by atoms with Crippen LogP contribution in [0.5, 0.6) is 5.75 Å². The molecule has 100 valence electrons. The van der Waals surface area contributed by atoms with Crippen molar-refractivity contribution in [3.63, 3.8) is 0 Å². The quantitative estimate of drug-likeness (QED) is 0.489. The molecule has 0 aliphatic rings. The number of nitro benzene ring substituents is 1. The summed E-state index contributed by atoms with van der Waals surface area (Å²) in [6.45, 7) is 3.16. The Labute approximate surface area is 109 Å². The third-order valence-electron chi connectivity index (χ3n) is 2.76. The van der Waals surface area contributed by atoms with Crippen molar-refractivity contribution in [2.24, 2.45) is 0 Å². The van der Waals surface area contributed by atoms with Gasteiger partial charge in [0.2, 0.25) is 0 Å². The van der Waals surface area contributed by atoms with Gasteiger partial charge in [0.25, 0.3) is 5.69 Å². The van der Waals surface area contributed by atoms with Crippen molar-refractivity contribution in [1.82, 2.24) is 9.55 Å². The van der Waals surface area contributed by atoms with Crippen LogP contribution < -0.4 is 5.32 Å². The lowest BCUT2D eigenvalue weighted by atomic mass is 10.2. The zero-order valence-electron chi connectivity index (χ0n) is 10.4. The number of nitrogens with one attached hydrogen (secondary N) is 1. The average Bonchev–Trinajstić information content (AvgIpc) is 2.84. The molecular formula is C12H14N4O3. The molecule has 0 aliphatic carbocycles. The van der Waals surface area contributed by atoms with Gasteiger partial charge in [0, 0.05) is 18.9 Å². The minimum atomic E-state index is -0.533. The number of nitro groups is 1. The van der Waals surface area contributed by atoms with E-state index in [0.717, 1.165) is 18.4 Å². The standard InChI is InChI=1S/C12H14N4O3/c1-2-15-6-5-13-12(15)8-14-10-4-3-9(17)7-11(10)16(18)19/h3-7,14,17H,2,8H2,1H3. The highest BCUT2D eigenvalue weighted by atomic mass is 16.6. The summed E-state index contributed by atoms with van der Waals surface area (Å²) in [6, 6.07) is 4.00. The number of imidazole rings is 1. The van der Waals surface area contributed by atoms with Crippen LogP contribution in [0, 0.1) is 10.1 Å². The van der Waals surface area contributed by atoms with E-state index in [1.165, 1.54) is 12.1 Å². The number of anilines is 1. The van der Waals surface area contributed by atoms with Gasteiger partial charge in [-0.05, 0) is 19.1 Å². The topological polar surface area (TPSA) is 93.2 Å². The second-order valence-electron chi connectivity index (χ2n) is 3.94. The van der Waals surface area contributed by atoms with E-state index in [2.05, 4.69) is 10.3 Å². The Morgan fingerprint density at radius 2 is 2.32 bits per heavy atom. The molecule has 19 heavy (non-hydrogen) atoms. The number of aryl methyl sites for hydroxylation is 1. The van der Waals surface area contributed by atoms with Crippen molar-refractivity contribution >= 4 is 11.4 Å². The summed E-state index contributed by atoms with van der Waals surface area (Å²) in [5.41, 5.74) is 0.197. The van der Waals surface area contributed by atoms with Crippen LogP contribution in [-0.4, -0.2) is 19.6 Å². The summed E-state index contributed by atoms with van der Waals surface area (Å²) in [5.74, 6) is 0.664. The molecule has 0 unspecified atom stereocenters. The van der Waals surface area contributed by atoms with E-state index in [4.69, 9.17) is 0 Å². The van der Waals surface area contributed by atoms with Crippen molar-refractivity contribution in [2.45, 2.75) is 20.0 Å². The van der Waals surface area contributed by atoms with Gasteiger partial charge in [-0.1, -0.05) is 0 Å². The normalized spacial score (nSPS) is 10.4. The van der Waals surface area contributed by atoms with E-state index >= 15 is 0 Å². The summed E-state index contributed by atoms with van der Waals surface area (Å²) in [7, 11) is 0. The van der Waals surface area contributed by atoms with Gasteiger partial charge in [0.1, 0.15) is 17.3 Å². The molecule has 0 bridgehead atoms. The molecule has 2 N–H and O–H groups in total. The molecule has 1 heterocycles. The first kappa shape index (κ1) is 12.9. The van der Waals surface area contributed by atoms with Crippen molar-refractivity contribution in [1.29, 1.82) is 0 Å². The fourth-order valence-electron chi connectivity index (χ4n) is 1.79. The highest BCUT2D eigenvalue weighted by Gasteiger charge is 2.14. The van der Waals surface area contributed by atoms with Gasteiger partial charge in [-0.25, -0.2) is 4.98 Å². The predicted molar refractivity (Wildman–Crippen MR) is 70.0 cm³/mol. The number of hydrogen-bond donors (Lipinski definition) is 2. The SMILES string of the molecule is CCn1ccnc1CNc1ccc(O)cc1[N+](=O)[O-]. The molecule has 7 heteroatoms. The molecule has 7 nitrogen and oxygen atoms in total. The molecule has 0 saturated carbocycles. The fourth-order valence-corrected chi connectivity index (χ4v) is 1.79. The summed E-state index contributed by atoms with van der Waals surface area (Å²) in [4.78, 5) is 14.5. The molecule has 0 spiro atoms. The lowest BCUT2D eigenvalue weighted by Gasteiger charge is -2.08. The number of benzene rings is 1. The van der Waals surface area contributed by atoms with Crippen LogP contribution in [0.3, 0.4) is 0 Å². The minimum Gasteiger partial charge on any atom is -0.508 e. The molecule has 0 fully saturated rings. The molecule has 0 aliphatic heterocycles. The van der Waals surface area contributed by atoms with E-state index in [0.29, 0.717) is 12.2 Å². The van der Waals surface area contributed by atoms with Gasteiger partial charge in [0.05, 0.1) is 17.5 Å². The monoisotopic (exact) mass is 262 g/mol. The second kappa shape index (κ2) is 5.38. The number of phenols is 1. The first-order valence-corrected chi connectivity index (χ1v) is 5.83. The van der Waals surface area contributed by atoms with Gasteiger partial charge in [-0.15, -0.1) is 0 Å². The van der Waals surface area contributed by atoms with Crippen LogP contribution in [-0.2, 0) is 13.1 Å². The Balaban J connectivity index is 2.18. The van der Waals surface area contributed by atoms with Crippen molar-refractivity contribution in [3.05, 3.63) is 46.5 Å². The van der Waals surface area contributed by atoms with Gasteiger partial charge < -0.3 is 15.0 Å². The first-order valence-electron chi connectivity index (χ1n) is 5.83. The van der Waals surface area contributed by atoms with Crippen LogP contribution >= 0.6 is 0 Å². The Morgan fingerprint density at radius 1 is 1.53 bits per heavy atom. The van der Waals surface area contributed by atoms with E-state index in [9.17, 15) is 15.2 Å². The molecular weight excluding hydrogens is 248 g/mol. The molecule has 0 radical (unpaired) electrons. The molecule has 2 rings (SSSR count). The number of rotatable bonds is 5. The number of aromatic nitrogens is 2. The van der Waals surface area contributed by atoms with Crippen LogP contribution in [0.4, 0.5) is 11.4 Å². The number of phenolic OH excluding ortho intramolecular Hbond substituents is 1. The van der Waals surface area contributed by atoms with Gasteiger partial charge in [-0.3, -0.25) is 10.1 Å². The predicted octanol–water partition coefficient (Wildman–Crippen LogP) is 2.13. The maximum Gasteiger partial charge on any atom is 0.296 e. The Morgan fingerprint density at radius 3 is 3.00 bits per heavy atom. The van der Waals surface area contributed by atoms with E-state index in [1.807, 2.05) is 17.7 Å². The lowest BCUT2D eigenvalue weighted by molar-refractivity contribution is -0.384. The third-order valence-corrected chi connectivity index (χ3v) is 2.76. The van der Waals surface area contributed by atoms with Gasteiger partial charge >= 0.3 is 0 Å². The first-order chi connectivity index (χ1) is 9.11. The van der Waals surface area contributed by atoms with Crippen LogP contribution in [0.1, 0.15) is 12.7 Å². The average molecular weight is 262 g/mol. The van der Waals surface area contributed by atoms with Gasteiger partial charge in [-0.2, -0.15) is 0 Å². The Kier molecular flexibility index (Phi) is 3.65. The number of hydrogen-bond acceptors (Lipinski definition) is 5. The highest BCUT2D eigenvalue weighted by molar-refractivity contribution is 5.63. The van der Waals surface area contributed by atoms with Crippen molar-refractivity contribution in [2.75, 3.05) is 5.32 Å². The zero-order valence-corrected chi connectivity index (χ0v) is 10.4. The summed E-state index contributed by atoms with van der Waals surface area (Å²) in [6.07, 6.45) is 3.54. The fraction of sp³-hybridized carbons (Fsp3) is 0.250. The molecule has 1 aromatic heterocycles. The maximum atomic E-state index is 10.9. The second-order valence-corrected chi connectivity index (χ2v) is 3.94. The molecule has 0 amide bonds. The van der Waals surface area contributed by atoms with E-state index in [1.54, 1.807) is 6.20 Å². The summed E-state index contributed by atoms with van der Waals surface area (Å²) in [5, 5.41) is 23.1. The largest absolute Gasteiger partial charge is 0.508 e.